The molecule has 0 spiro atoms. The Kier molecular flexibility index (Phi) is 3.54. The standard InChI is InChI=1S/C22H14N6S/c1-2-13(10-23-5-1)15-8-18-20(27-28-22(18)25-11-15)19-9-17-16(14-4-7-29-12-14)3-6-24-21(17)26-19/h1-12H,(H,24,26)(H,25,27,28). The number of aromatic nitrogens is 6. The average molecular weight is 394 g/mol. The quantitative estimate of drug-likeness (QED) is 0.427. The van der Waals surface area contributed by atoms with Gasteiger partial charge in [-0.1, -0.05) is 6.07 Å². The van der Waals surface area contributed by atoms with Crippen molar-refractivity contribution in [1.82, 2.24) is 30.1 Å². The predicted octanol–water partition coefficient (Wildman–Crippen LogP) is 5.29. The third-order valence-electron chi connectivity index (χ3n) is 5.03. The van der Waals surface area contributed by atoms with Gasteiger partial charge in [0.2, 0.25) is 0 Å². The monoisotopic (exact) mass is 394 g/mol. The Morgan fingerprint density at radius 3 is 2.69 bits per heavy atom. The summed E-state index contributed by atoms with van der Waals surface area (Å²) in [4.78, 5) is 16.7. The van der Waals surface area contributed by atoms with Gasteiger partial charge in [0.05, 0.1) is 5.69 Å². The first-order valence-corrected chi connectivity index (χ1v) is 10.1. The summed E-state index contributed by atoms with van der Waals surface area (Å²) in [6.45, 7) is 0. The second-order valence-corrected chi connectivity index (χ2v) is 7.53. The first-order chi connectivity index (χ1) is 14.4. The van der Waals surface area contributed by atoms with Crippen LogP contribution in [0.1, 0.15) is 0 Å². The number of nitrogens with zero attached hydrogens (tertiary/aromatic N) is 4. The molecule has 0 amide bonds. The van der Waals surface area contributed by atoms with Crippen LogP contribution in [0.3, 0.4) is 0 Å². The lowest BCUT2D eigenvalue weighted by molar-refractivity contribution is 1.10. The number of H-pyrrole nitrogens is 2. The van der Waals surface area contributed by atoms with Gasteiger partial charge in [-0.3, -0.25) is 10.1 Å². The molecular formula is C22H14N6S. The molecule has 6 nitrogen and oxygen atoms in total. The maximum Gasteiger partial charge on any atom is 0.155 e. The fourth-order valence-corrected chi connectivity index (χ4v) is 4.28. The van der Waals surface area contributed by atoms with Crippen LogP contribution in [0.25, 0.3) is 55.7 Å². The van der Waals surface area contributed by atoms with Gasteiger partial charge < -0.3 is 4.98 Å². The summed E-state index contributed by atoms with van der Waals surface area (Å²) < 4.78 is 0. The first kappa shape index (κ1) is 16.1. The molecule has 6 aromatic rings. The largest absolute Gasteiger partial charge is 0.338 e. The van der Waals surface area contributed by atoms with Crippen LogP contribution in [-0.2, 0) is 0 Å². The molecule has 6 aromatic heterocycles. The van der Waals surface area contributed by atoms with E-state index < -0.39 is 0 Å². The summed E-state index contributed by atoms with van der Waals surface area (Å²) in [7, 11) is 0. The summed E-state index contributed by atoms with van der Waals surface area (Å²) in [5.74, 6) is 0. The zero-order valence-electron chi connectivity index (χ0n) is 15.1. The van der Waals surface area contributed by atoms with Crippen molar-refractivity contribution in [1.29, 1.82) is 0 Å². The second-order valence-electron chi connectivity index (χ2n) is 6.75. The lowest BCUT2D eigenvalue weighted by Crippen LogP contribution is -1.83. The van der Waals surface area contributed by atoms with Crippen LogP contribution in [0, 0.1) is 0 Å². The average Bonchev–Trinajstić information content (AvgIpc) is 3.52. The molecule has 0 atom stereocenters. The zero-order valence-corrected chi connectivity index (χ0v) is 15.9. The van der Waals surface area contributed by atoms with Crippen LogP contribution < -0.4 is 0 Å². The van der Waals surface area contributed by atoms with Gasteiger partial charge in [-0.2, -0.15) is 16.4 Å². The number of pyridine rings is 3. The van der Waals surface area contributed by atoms with Gasteiger partial charge in [-0.15, -0.1) is 0 Å². The molecule has 6 heterocycles. The molecule has 0 aliphatic rings. The van der Waals surface area contributed by atoms with Gasteiger partial charge in [0, 0.05) is 46.7 Å². The predicted molar refractivity (Wildman–Crippen MR) is 116 cm³/mol. The van der Waals surface area contributed by atoms with E-state index in [0.717, 1.165) is 50.1 Å². The Bertz CT molecular complexity index is 1450. The normalized spacial score (nSPS) is 11.4. The molecule has 0 fully saturated rings. The van der Waals surface area contributed by atoms with Crippen LogP contribution in [0.5, 0.6) is 0 Å². The van der Waals surface area contributed by atoms with Crippen LogP contribution in [0.4, 0.5) is 0 Å². The van der Waals surface area contributed by atoms with E-state index in [-0.39, 0.29) is 0 Å². The Morgan fingerprint density at radius 2 is 1.83 bits per heavy atom. The van der Waals surface area contributed by atoms with Crippen molar-refractivity contribution in [2.24, 2.45) is 0 Å². The Labute approximate surface area is 169 Å². The number of aromatic amines is 2. The van der Waals surface area contributed by atoms with E-state index in [1.54, 1.807) is 17.5 Å². The number of hydrogen-bond acceptors (Lipinski definition) is 5. The van der Waals surface area contributed by atoms with Crippen molar-refractivity contribution in [3.63, 3.8) is 0 Å². The van der Waals surface area contributed by atoms with Gasteiger partial charge >= 0.3 is 0 Å². The third-order valence-corrected chi connectivity index (χ3v) is 5.71. The fourth-order valence-electron chi connectivity index (χ4n) is 3.62. The Balaban J connectivity index is 1.53. The van der Waals surface area contributed by atoms with E-state index >= 15 is 0 Å². The van der Waals surface area contributed by atoms with Gasteiger partial charge in [0.15, 0.2) is 5.65 Å². The minimum absolute atomic E-state index is 0.748. The highest BCUT2D eigenvalue weighted by Crippen LogP contribution is 2.34. The molecule has 7 heteroatoms. The highest BCUT2D eigenvalue weighted by molar-refractivity contribution is 7.08. The number of fused-ring (bicyclic) bond motifs is 2. The number of hydrogen-bond donors (Lipinski definition) is 2. The van der Waals surface area contributed by atoms with E-state index in [1.807, 2.05) is 36.8 Å². The van der Waals surface area contributed by atoms with Gasteiger partial charge in [-0.05, 0) is 52.2 Å². The van der Waals surface area contributed by atoms with Crippen molar-refractivity contribution in [2.45, 2.75) is 0 Å². The van der Waals surface area contributed by atoms with Crippen LogP contribution in [-0.4, -0.2) is 30.1 Å². The smallest absolute Gasteiger partial charge is 0.155 e. The van der Waals surface area contributed by atoms with E-state index in [9.17, 15) is 0 Å². The van der Waals surface area contributed by atoms with E-state index in [0.29, 0.717) is 0 Å². The molecule has 6 rings (SSSR count). The Hall–Kier alpha value is -3.84. The maximum absolute atomic E-state index is 4.54. The van der Waals surface area contributed by atoms with Crippen LogP contribution >= 0.6 is 11.3 Å². The SMILES string of the molecule is c1cncc(-c2cnc3[nH]nc(-c4cc5c(-c6ccsc6)ccnc5[nH]4)c3c2)c1. The van der Waals surface area contributed by atoms with E-state index in [4.69, 9.17) is 0 Å². The second kappa shape index (κ2) is 6.35. The minimum atomic E-state index is 0.748. The van der Waals surface area contributed by atoms with Gasteiger partial charge in [-0.25, -0.2) is 9.97 Å². The summed E-state index contributed by atoms with van der Waals surface area (Å²) in [5, 5.41) is 13.8. The molecule has 0 aliphatic carbocycles. The van der Waals surface area contributed by atoms with Crippen LogP contribution in [0.15, 0.2) is 71.9 Å². The first-order valence-electron chi connectivity index (χ1n) is 9.12. The third kappa shape index (κ3) is 2.63. The van der Waals surface area contributed by atoms with Crippen molar-refractivity contribution < 1.29 is 0 Å². The molecule has 0 unspecified atom stereocenters. The number of thiophene rings is 1. The van der Waals surface area contributed by atoms with E-state index in [1.165, 1.54) is 5.56 Å². The van der Waals surface area contributed by atoms with Crippen molar-refractivity contribution in [3.05, 3.63) is 71.9 Å². The number of nitrogens with one attached hydrogen (secondary N) is 2. The molecule has 0 bridgehead atoms. The molecule has 29 heavy (non-hydrogen) atoms. The fraction of sp³-hybridized carbons (Fsp3) is 0. The summed E-state index contributed by atoms with van der Waals surface area (Å²) in [5.41, 5.74) is 7.70. The number of rotatable bonds is 3. The van der Waals surface area contributed by atoms with Crippen molar-refractivity contribution >= 4 is 33.4 Å². The molecule has 0 saturated carbocycles. The summed E-state index contributed by atoms with van der Waals surface area (Å²) in [6.07, 6.45) is 7.27. The van der Waals surface area contributed by atoms with Gasteiger partial charge in [0.25, 0.3) is 0 Å². The summed E-state index contributed by atoms with van der Waals surface area (Å²) in [6, 6.07) is 12.3. The van der Waals surface area contributed by atoms with Crippen LogP contribution in [0.2, 0.25) is 0 Å². The Morgan fingerprint density at radius 1 is 0.828 bits per heavy atom. The maximum atomic E-state index is 4.54. The molecular weight excluding hydrogens is 380 g/mol. The van der Waals surface area contributed by atoms with E-state index in [2.05, 4.69) is 59.1 Å². The highest BCUT2D eigenvalue weighted by Gasteiger charge is 2.15. The molecule has 2 N–H and O–H groups in total. The lowest BCUT2D eigenvalue weighted by atomic mass is 10.1. The minimum Gasteiger partial charge on any atom is -0.338 e. The summed E-state index contributed by atoms with van der Waals surface area (Å²) >= 11 is 1.69. The lowest BCUT2D eigenvalue weighted by Gasteiger charge is -2.01. The molecule has 0 aromatic carbocycles. The molecule has 0 radical (unpaired) electrons. The topological polar surface area (TPSA) is 83.1 Å². The molecule has 0 aliphatic heterocycles. The van der Waals surface area contributed by atoms with Gasteiger partial charge in [0.1, 0.15) is 11.3 Å². The van der Waals surface area contributed by atoms with Crippen molar-refractivity contribution in [3.8, 4) is 33.6 Å². The molecule has 138 valence electrons. The van der Waals surface area contributed by atoms with Crippen molar-refractivity contribution in [2.75, 3.05) is 0 Å². The zero-order chi connectivity index (χ0) is 19.2. The highest BCUT2D eigenvalue weighted by atomic mass is 32.1. The molecule has 0 saturated heterocycles.